The van der Waals surface area contributed by atoms with Gasteiger partial charge in [0.05, 0.1) is 5.69 Å². The summed E-state index contributed by atoms with van der Waals surface area (Å²) < 4.78 is 14.6. The van der Waals surface area contributed by atoms with E-state index >= 15 is 0 Å². The molecule has 1 aromatic carbocycles. The van der Waals surface area contributed by atoms with Gasteiger partial charge in [0.2, 0.25) is 0 Å². The molecule has 3 nitrogen and oxygen atoms in total. The largest absolute Gasteiger partial charge is 0.330 e. The molecule has 1 unspecified atom stereocenters. The van der Waals surface area contributed by atoms with Crippen LogP contribution >= 0.6 is 15.9 Å². The predicted octanol–water partition coefficient (Wildman–Crippen LogP) is 3.18. The second kappa shape index (κ2) is 6.21. The molecule has 2 rings (SSSR count). The maximum Gasteiger partial charge on any atom is 0.132 e. The Bertz CT molecular complexity index is 574. The molecule has 5 heteroatoms. The minimum Gasteiger partial charge on any atom is -0.330 e. The Kier molecular flexibility index (Phi) is 4.61. The molecule has 0 spiro atoms. The molecule has 100 valence electrons. The summed E-state index contributed by atoms with van der Waals surface area (Å²) in [5.74, 6) is 0.706. The zero-order valence-corrected chi connectivity index (χ0v) is 12.2. The van der Waals surface area contributed by atoms with Crippen molar-refractivity contribution in [3.63, 3.8) is 0 Å². The Balaban J connectivity index is 2.35. The number of hydrogen-bond donors (Lipinski definition) is 1. The molecular weight excluding hydrogens is 309 g/mol. The van der Waals surface area contributed by atoms with Crippen molar-refractivity contribution in [3.05, 3.63) is 46.6 Å². The van der Waals surface area contributed by atoms with Gasteiger partial charge in [-0.3, -0.25) is 0 Å². The van der Waals surface area contributed by atoms with Crippen molar-refractivity contribution in [1.82, 2.24) is 9.97 Å². The predicted molar refractivity (Wildman–Crippen MR) is 77.0 cm³/mol. The van der Waals surface area contributed by atoms with Crippen molar-refractivity contribution in [3.8, 4) is 11.3 Å². The van der Waals surface area contributed by atoms with Crippen LogP contribution in [0.15, 0.2) is 34.9 Å². The summed E-state index contributed by atoms with van der Waals surface area (Å²) in [5, 5.41) is 0. The molecule has 2 N–H and O–H groups in total. The topological polar surface area (TPSA) is 51.8 Å². The Morgan fingerprint density at radius 2 is 2.16 bits per heavy atom. The minimum atomic E-state index is -0.292. The quantitative estimate of drug-likeness (QED) is 0.940. The molecule has 0 saturated heterocycles. The molecule has 19 heavy (non-hydrogen) atoms. The van der Waals surface area contributed by atoms with Gasteiger partial charge in [0.1, 0.15) is 11.6 Å². The Morgan fingerprint density at radius 3 is 2.89 bits per heavy atom. The smallest absolute Gasteiger partial charge is 0.132 e. The van der Waals surface area contributed by atoms with E-state index in [4.69, 9.17) is 5.73 Å². The van der Waals surface area contributed by atoms with Gasteiger partial charge in [0.25, 0.3) is 0 Å². The van der Waals surface area contributed by atoms with E-state index < -0.39 is 0 Å². The van der Waals surface area contributed by atoms with Gasteiger partial charge >= 0.3 is 0 Å². The Morgan fingerprint density at radius 1 is 1.37 bits per heavy atom. The highest BCUT2D eigenvalue weighted by atomic mass is 79.9. The van der Waals surface area contributed by atoms with Gasteiger partial charge in [-0.1, -0.05) is 22.9 Å². The van der Waals surface area contributed by atoms with Crippen molar-refractivity contribution in [2.75, 3.05) is 6.54 Å². The van der Waals surface area contributed by atoms with Gasteiger partial charge in [0.15, 0.2) is 0 Å². The van der Waals surface area contributed by atoms with Crippen molar-refractivity contribution < 1.29 is 4.39 Å². The normalized spacial score (nSPS) is 12.4. The molecule has 0 aliphatic heterocycles. The number of nitrogens with zero attached hydrogens (tertiary/aromatic N) is 2. The molecule has 0 fully saturated rings. The minimum absolute atomic E-state index is 0.292. The molecule has 0 bridgehead atoms. The van der Waals surface area contributed by atoms with Gasteiger partial charge in [-0.25, -0.2) is 14.4 Å². The average molecular weight is 324 g/mol. The Hall–Kier alpha value is -1.33. The maximum atomic E-state index is 13.8. The number of hydrogen-bond acceptors (Lipinski definition) is 3. The van der Waals surface area contributed by atoms with E-state index in [0.717, 1.165) is 4.47 Å². The zero-order chi connectivity index (χ0) is 13.8. The van der Waals surface area contributed by atoms with E-state index in [2.05, 4.69) is 25.9 Å². The van der Waals surface area contributed by atoms with Gasteiger partial charge < -0.3 is 5.73 Å². The van der Waals surface area contributed by atoms with E-state index in [9.17, 15) is 4.39 Å². The fourth-order valence-corrected chi connectivity index (χ4v) is 2.10. The zero-order valence-electron chi connectivity index (χ0n) is 10.6. The molecule has 0 radical (unpaired) electrons. The van der Waals surface area contributed by atoms with E-state index in [1.807, 2.05) is 6.92 Å². The second-order valence-electron chi connectivity index (χ2n) is 4.53. The highest BCUT2D eigenvalue weighted by Gasteiger charge is 2.10. The molecule has 1 atom stereocenters. The lowest BCUT2D eigenvalue weighted by molar-refractivity contribution is 0.573. The summed E-state index contributed by atoms with van der Waals surface area (Å²) in [5.41, 5.74) is 6.65. The number of nitrogens with two attached hydrogens (primary N) is 1. The van der Waals surface area contributed by atoms with Crippen LogP contribution in [0.3, 0.4) is 0 Å². The SMILES string of the molecule is CC(CN)Cc1nccc(-c2cc(Br)ccc2F)n1. The first-order chi connectivity index (χ1) is 9.10. The molecule has 0 amide bonds. The van der Waals surface area contributed by atoms with Gasteiger partial charge in [-0.05, 0) is 36.7 Å². The van der Waals surface area contributed by atoms with E-state index in [1.54, 1.807) is 24.4 Å². The fraction of sp³-hybridized carbons (Fsp3) is 0.286. The summed E-state index contributed by atoms with van der Waals surface area (Å²) in [7, 11) is 0. The number of rotatable bonds is 4. The van der Waals surface area contributed by atoms with E-state index in [0.29, 0.717) is 36.0 Å². The van der Waals surface area contributed by atoms with Crippen LogP contribution in [0.4, 0.5) is 4.39 Å². The molecule has 2 aromatic rings. The number of halogens is 2. The van der Waals surface area contributed by atoms with Gasteiger partial charge in [-0.15, -0.1) is 0 Å². The molecule has 0 saturated carbocycles. The highest BCUT2D eigenvalue weighted by Crippen LogP contribution is 2.24. The van der Waals surface area contributed by atoms with Crippen LogP contribution in [0.2, 0.25) is 0 Å². The van der Waals surface area contributed by atoms with Crippen LogP contribution in [0.1, 0.15) is 12.7 Å². The third-order valence-corrected chi connectivity index (χ3v) is 3.34. The summed E-state index contributed by atoms with van der Waals surface area (Å²) in [6.07, 6.45) is 2.35. The standard InChI is InChI=1S/C14H15BrFN3/c1-9(8-17)6-14-18-5-4-13(19-14)11-7-10(15)2-3-12(11)16/h2-5,7,9H,6,8,17H2,1H3. The van der Waals surface area contributed by atoms with Crippen LogP contribution in [0.5, 0.6) is 0 Å². The van der Waals surface area contributed by atoms with Crippen LogP contribution < -0.4 is 5.73 Å². The van der Waals surface area contributed by atoms with Crippen LogP contribution in [0, 0.1) is 11.7 Å². The highest BCUT2D eigenvalue weighted by molar-refractivity contribution is 9.10. The van der Waals surface area contributed by atoms with Crippen molar-refractivity contribution in [2.45, 2.75) is 13.3 Å². The lowest BCUT2D eigenvalue weighted by atomic mass is 10.1. The van der Waals surface area contributed by atoms with Crippen LogP contribution in [-0.2, 0) is 6.42 Å². The molecule has 0 aliphatic rings. The average Bonchev–Trinajstić information content (AvgIpc) is 2.41. The summed E-state index contributed by atoms with van der Waals surface area (Å²) in [6.45, 7) is 2.62. The number of benzene rings is 1. The van der Waals surface area contributed by atoms with E-state index in [1.165, 1.54) is 6.07 Å². The van der Waals surface area contributed by atoms with Gasteiger partial charge in [0, 0.05) is 22.7 Å². The van der Waals surface area contributed by atoms with Crippen molar-refractivity contribution in [2.24, 2.45) is 11.7 Å². The molecular formula is C14H15BrFN3. The number of aromatic nitrogens is 2. The summed E-state index contributed by atoms with van der Waals surface area (Å²) >= 11 is 3.34. The van der Waals surface area contributed by atoms with E-state index in [-0.39, 0.29) is 5.82 Å². The lowest BCUT2D eigenvalue weighted by Gasteiger charge is -2.09. The third kappa shape index (κ3) is 3.58. The van der Waals surface area contributed by atoms with Crippen LogP contribution in [0.25, 0.3) is 11.3 Å². The molecule has 1 aromatic heterocycles. The summed E-state index contributed by atoms with van der Waals surface area (Å²) in [6, 6.07) is 6.51. The van der Waals surface area contributed by atoms with Crippen molar-refractivity contribution >= 4 is 15.9 Å². The van der Waals surface area contributed by atoms with Crippen LogP contribution in [-0.4, -0.2) is 16.5 Å². The first kappa shape index (κ1) is 14.1. The Labute approximate surface area is 120 Å². The van der Waals surface area contributed by atoms with Crippen molar-refractivity contribution in [1.29, 1.82) is 0 Å². The first-order valence-corrected chi connectivity index (χ1v) is 6.87. The van der Waals surface area contributed by atoms with Gasteiger partial charge in [-0.2, -0.15) is 0 Å². The fourth-order valence-electron chi connectivity index (χ4n) is 1.74. The first-order valence-electron chi connectivity index (χ1n) is 6.07. The maximum absolute atomic E-state index is 13.8. The lowest BCUT2D eigenvalue weighted by Crippen LogP contribution is -2.14. The monoisotopic (exact) mass is 323 g/mol. The molecule has 0 aliphatic carbocycles. The second-order valence-corrected chi connectivity index (χ2v) is 5.44. The molecule has 1 heterocycles. The summed E-state index contributed by atoms with van der Waals surface area (Å²) in [4.78, 5) is 8.61. The third-order valence-electron chi connectivity index (χ3n) is 2.84.